The predicted molar refractivity (Wildman–Crippen MR) is 118 cm³/mol. The van der Waals surface area contributed by atoms with Crippen LogP contribution in [0.15, 0.2) is 35.1 Å². The van der Waals surface area contributed by atoms with E-state index in [2.05, 4.69) is 45.3 Å². The fourth-order valence-corrected chi connectivity index (χ4v) is 5.45. The molecule has 2 N–H and O–H groups in total. The van der Waals surface area contributed by atoms with E-state index < -0.39 is 0 Å². The number of H-pyrrole nitrogens is 1. The van der Waals surface area contributed by atoms with Crippen molar-refractivity contribution < 1.29 is 4.79 Å². The van der Waals surface area contributed by atoms with E-state index >= 15 is 0 Å². The highest BCUT2D eigenvalue weighted by atomic mass is 16.2. The SMILES string of the molecule is CN1CCCc2cc(CNC(=O)c3ccc(CN4CC5CCC4C5)[nH]c3=O)ccc21. The summed E-state index contributed by atoms with van der Waals surface area (Å²) in [5.74, 6) is 0.508. The number of nitrogens with zero attached hydrogens (tertiary/aromatic N) is 2. The molecule has 1 aromatic carbocycles. The molecule has 1 saturated heterocycles. The van der Waals surface area contributed by atoms with Gasteiger partial charge in [-0.2, -0.15) is 0 Å². The molecular formula is C24H30N4O2. The molecule has 3 heterocycles. The third-order valence-corrected chi connectivity index (χ3v) is 7.06. The number of benzene rings is 1. The Kier molecular flexibility index (Phi) is 5.11. The number of likely N-dealkylation sites (tertiary alicyclic amines) is 1. The molecule has 158 valence electrons. The number of fused-ring (bicyclic) bond motifs is 3. The van der Waals surface area contributed by atoms with Gasteiger partial charge in [-0.25, -0.2) is 0 Å². The Labute approximate surface area is 177 Å². The fourth-order valence-electron chi connectivity index (χ4n) is 5.45. The van der Waals surface area contributed by atoms with Crippen LogP contribution in [0.2, 0.25) is 0 Å². The van der Waals surface area contributed by atoms with Crippen molar-refractivity contribution in [2.45, 2.75) is 51.2 Å². The molecule has 30 heavy (non-hydrogen) atoms. The second-order valence-corrected chi connectivity index (χ2v) is 9.16. The van der Waals surface area contributed by atoms with Crippen LogP contribution in [0.1, 0.15) is 52.9 Å². The minimum absolute atomic E-state index is 0.180. The van der Waals surface area contributed by atoms with Crippen LogP contribution < -0.4 is 15.8 Å². The van der Waals surface area contributed by atoms with Crippen molar-refractivity contribution in [2.75, 3.05) is 25.0 Å². The van der Waals surface area contributed by atoms with E-state index in [-0.39, 0.29) is 17.0 Å². The van der Waals surface area contributed by atoms with Crippen molar-refractivity contribution in [3.8, 4) is 0 Å². The van der Waals surface area contributed by atoms with E-state index in [4.69, 9.17) is 0 Å². The lowest BCUT2D eigenvalue weighted by Gasteiger charge is -2.27. The van der Waals surface area contributed by atoms with E-state index in [1.54, 1.807) is 6.07 Å². The maximum atomic E-state index is 12.6. The first-order chi connectivity index (χ1) is 14.6. The minimum atomic E-state index is -0.321. The number of piperidine rings is 1. The number of nitrogens with one attached hydrogen (secondary N) is 2. The number of aromatic amines is 1. The summed E-state index contributed by atoms with van der Waals surface area (Å²) >= 11 is 0. The van der Waals surface area contributed by atoms with Crippen LogP contribution in [0.25, 0.3) is 0 Å². The molecule has 1 saturated carbocycles. The van der Waals surface area contributed by atoms with Crippen molar-refractivity contribution in [1.82, 2.24) is 15.2 Å². The summed E-state index contributed by atoms with van der Waals surface area (Å²) in [5.41, 5.74) is 4.43. The van der Waals surface area contributed by atoms with Gasteiger partial charge < -0.3 is 15.2 Å². The number of anilines is 1. The van der Waals surface area contributed by atoms with Crippen LogP contribution in [0.3, 0.4) is 0 Å². The molecule has 1 amide bonds. The monoisotopic (exact) mass is 406 g/mol. The molecule has 1 aromatic heterocycles. The summed E-state index contributed by atoms with van der Waals surface area (Å²) < 4.78 is 0. The molecule has 3 aliphatic rings. The van der Waals surface area contributed by atoms with Gasteiger partial charge in [0.15, 0.2) is 0 Å². The zero-order chi connectivity index (χ0) is 20.7. The molecule has 2 bridgehead atoms. The second-order valence-electron chi connectivity index (χ2n) is 9.16. The van der Waals surface area contributed by atoms with Gasteiger partial charge in [-0.3, -0.25) is 14.5 Å². The number of hydrogen-bond acceptors (Lipinski definition) is 4. The van der Waals surface area contributed by atoms with Gasteiger partial charge in [0.1, 0.15) is 5.56 Å². The Balaban J connectivity index is 1.21. The van der Waals surface area contributed by atoms with Gasteiger partial charge in [-0.1, -0.05) is 12.1 Å². The van der Waals surface area contributed by atoms with Crippen LogP contribution >= 0.6 is 0 Å². The summed E-state index contributed by atoms with van der Waals surface area (Å²) in [5, 5.41) is 2.91. The topological polar surface area (TPSA) is 68.4 Å². The zero-order valence-electron chi connectivity index (χ0n) is 17.6. The summed E-state index contributed by atoms with van der Waals surface area (Å²) in [6, 6.07) is 10.6. The van der Waals surface area contributed by atoms with Crippen molar-refractivity contribution in [1.29, 1.82) is 0 Å². The van der Waals surface area contributed by atoms with Crippen molar-refractivity contribution >= 4 is 11.6 Å². The van der Waals surface area contributed by atoms with E-state index in [0.717, 1.165) is 49.7 Å². The van der Waals surface area contributed by atoms with Gasteiger partial charge in [0, 0.05) is 50.6 Å². The molecule has 2 unspecified atom stereocenters. The fraction of sp³-hybridized carbons (Fsp3) is 0.500. The summed E-state index contributed by atoms with van der Waals surface area (Å²) in [6.45, 7) is 3.40. The number of carbonyl (C=O) groups is 1. The van der Waals surface area contributed by atoms with Crippen LogP contribution in [-0.2, 0) is 19.5 Å². The summed E-state index contributed by atoms with van der Waals surface area (Å²) in [7, 11) is 2.11. The molecular weight excluding hydrogens is 376 g/mol. The standard InChI is InChI=1S/C24H30N4O2/c1-27-10-2-3-18-11-16(5-9-22(18)27)13-25-23(29)21-8-6-19(26-24(21)30)15-28-14-17-4-7-20(28)12-17/h5-6,8-9,11,17,20H,2-4,7,10,12-15H2,1H3,(H,25,29)(H,26,30). The first-order valence-electron chi connectivity index (χ1n) is 11.1. The average molecular weight is 407 g/mol. The highest BCUT2D eigenvalue weighted by Gasteiger charge is 2.37. The van der Waals surface area contributed by atoms with Gasteiger partial charge in [0.05, 0.1) is 0 Å². The number of hydrogen-bond donors (Lipinski definition) is 2. The highest BCUT2D eigenvalue weighted by molar-refractivity contribution is 5.93. The number of aromatic nitrogens is 1. The molecule has 1 aliphatic carbocycles. The van der Waals surface area contributed by atoms with Gasteiger partial charge in [-0.15, -0.1) is 0 Å². The van der Waals surface area contributed by atoms with Gasteiger partial charge in [0.25, 0.3) is 11.5 Å². The third kappa shape index (κ3) is 3.76. The number of amides is 1. The Morgan fingerprint density at radius 1 is 1.23 bits per heavy atom. The van der Waals surface area contributed by atoms with Crippen LogP contribution in [0.5, 0.6) is 0 Å². The second kappa shape index (κ2) is 7.91. The molecule has 2 atom stereocenters. The number of aryl methyl sites for hydroxylation is 1. The maximum Gasteiger partial charge on any atom is 0.261 e. The first kappa shape index (κ1) is 19.4. The van der Waals surface area contributed by atoms with E-state index in [0.29, 0.717) is 12.6 Å². The largest absolute Gasteiger partial charge is 0.374 e. The molecule has 6 heteroatoms. The Hall–Kier alpha value is -2.60. The van der Waals surface area contributed by atoms with Crippen LogP contribution in [0.4, 0.5) is 5.69 Å². The smallest absolute Gasteiger partial charge is 0.261 e. The Bertz CT molecular complexity index is 1010. The van der Waals surface area contributed by atoms with Crippen molar-refractivity contribution in [3.05, 3.63) is 63.1 Å². The summed E-state index contributed by atoms with van der Waals surface area (Å²) in [4.78, 5) is 32.8. The molecule has 5 rings (SSSR count). The zero-order valence-corrected chi connectivity index (χ0v) is 17.6. The van der Waals surface area contributed by atoms with Crippen molar-refractivity contribution in [3.63, 3.8) is 0 Å². The highest BCUT2D eigenvalue weighted by Crippen LogP contribution is 2.37. The number of rotatable bonds is 5. The molecule has 0 radical (unpaired) electrons. The molecule has 2 aromatic rings. The number of carbonyl (C=O) groups excluding carboxylic acids is 1. The minimum Gasteiger partial charge on any atom is -0.374 e. The normalized spacial score (nSPS) is 22.9. The Morgan fingerprint density at radius 3 is 2.90 bits per heavy atom. The van der Waals surface area contributed by atoms with Crippen molar-refractivity contribution in [2.24, 2.45) is 5.92 Å². The lowest BCUT2D eigenvalue weighted by atomic mass is 9.99. The van der Waals surface area contributed by atoms with Crippen LogP contribution in [-0.4, -0.2) is 42.0 Å². The van der Waals surface area contributed by atoms with Gasteiger partial charge in [0.2, 0.25) is 0 Å². The molecule has 0 spiro atoms. The number of pyridine rings is 1. The first-order valence-corrected chi connectivity index (χ1v) is 11.1. The van der Waals surface area contributed by atoms with Gasteiger partial charge in [-0.05, 0) is 67.3 Å². The third-order valence-electron chi connectivity index (χ3n) is 7.06. The molecule has 2 aliphatic heterocycles. The van der Waals surface area contributed by atoms with E-state index in [1.807, 2.05) is 6.07 Å². The van der Waals surface area contributed by atoms with Gasteiger partial charge >= 0.3 is 0 Å². The lowest BCUT2D eigenvalue weighted by molar-refractivity contribution is 0.0949. The van der Waals surface area contributed by atoms with Crippen LogP contribution in [0, 0.1) is 5.92 Å². The Morgan fingerprint density at radius 2 is 2.13 bits per heavy atom. The molecule has 2 fully saturated rings. The predicted octanol–water partition coefficient (Wildman–Crippen LogP) is 2.67. The maximum absolute atomic E-state index is 12.6. The average Bonchev–Trinajstić information content (AvgIpc) is 3.35. The van der Waals surface area contributed by atoms with E-state index in [9.17, 15) is 9.59 Å². The van der Waals surface area contributed by atoms with E-state index in [1.165, 1.54) is 30.5 Å². The summed E-state index contributed by atoms with van der Waals surface area (Å²) in [6.07, 6.45) is 6.14. The molecule has 6 nitrogen and oxygen atoms in total. The lowest BCUT2D eigenvalue weighted by Crippen LogP contribution is -2.33. The quantitative estimate of drug-likeness (QED) is 0.801.